The van der Waals surface area contributed by atoms with Crippen LogP contribution in [0, 0.1) is 18.7 Å². The van der Waals surface area contributed by atoms with Gasteiger partial charge >= 0.3 is 0 Å². The van der Waals surface area contributed by atoms with Gasteiger partial charge < -0.3 is 10.6 Å². The number of anilines is 1. The fourth-order valence-electron chi connectivity index (χ4n) is 2.41. The van der Waals surface area contributed by atoms with E-state index in [0.717, 1.165) is 12.0 Å². The molecule has 7 heteroatoms. The first kappa shape index (κ1) is 19.1. The number of hydrogen-bond donors (Lipinski definition) is 2. The molecule has 1 heterocycles. The molecule has 1 aromatic heterocycles. The first-order chi connectivity index (χ1) is 11.8. The molecular weight excluding hydrogens is 341 g/mol. The number of nitrogens with zero attached hydrogens (tertiary/aromatic N) is 1. The van der Waals surface area contributed by atoms with Crippen molar-refractivity contribution < 1.29 is 14.0 Å². The standard InChI is InChI=1S/C18H22FN3O2S/c1-10(2)7-15(20-12(4)23)18-22-16(9-25-18)17(24)21-14-8-13(19)6-5-11(14)3/h5-6,8-10,15H,7H2,1-4H3,(H,20,23)(H,21,24)/t15-/m0/s1. The van der Waals surface area contributed by atoms with Crippen molar-refractivity contribution in [2.45, 2.75) is 40.2 Å². The van der Waals surface area contributed by atoms with Crippen LogP contribution in [-0.4, -0.2) is 16.8 Å². The monoisotopic (exact) mass is 363 g/mol. The van der Waals surface area contributed by atoms with E-state index in [0.29, 0.717) is 16.6 Å². The van der Waals surface area contributed by atoms with Gasteiger partial charge in [0, 0.05) is 18.0 Å². The zero-order valence-electron chi connectivity index (χ0n) is 14.7. The Morgan fingerprint density at radius 1 is 1.32 bits per heavy atom. The molecule has 0 aliphatic rings. The van der Waals surface area contributed by atoms with Crippen LogP contribution in [0.4, 0.5) is 10.1 Å². The van der Waals surface area contributed by atoms with E-state index >= 15 is 0 Å². The number of carbonyl (C=O) groups is 2. The summed E-state index contributed by atoms with van der Waals surface area (Å²) in [5.41, 5.74) is 1.43. The van der Waals surface area contributed by atoms with Crippen molar-refractivity contribution in [3.8, 4) is 0 Å². The van der Waals surface area contributed by atoms with Crippen LogP contribution in [0.5, 0.6) is 0 Å². The number of carbonyl (C=O) groups excluding carboxylic acids is 2. The van der Waals surface area contributed by atoms with Crippen LogP contribution in [0.1, 0.15) is 54.3 Å². The zero-order chi connectivity index (χ0) is 18.6. The molecule has 0 fully saturated rings. The highest BCUT2D eigenvalue weighted by Gasteiger charge is 2.20. The predicted molar refractivity (Wildman–Crippen MR) is 97.2 cm³/mol. The van der Waals surface area contributed by atoms with Crippen molar-refractivity contribution in [3.63, 3.8) is 0 Å². The molecule has 0 radical (unpaired) electrons. The lowest BCUT2D eigenvalue weighted by atomic mass is 10.0. The number of hydrogen-bond acceptors (Lipinski definition) is 4. The van der Waals surface area contributed by atoms with Crippen LogP contribution < -0.4 is 10.6 Å². The van der Waals surface area contributed by atoms with Crippen molar-refractivity contribution in [1.29, 1.82) is 0 Å². The second-order valence-electron chi connectivity index (χ2n) is 6.37. The van der Waals surface area contributed by atoms with Crippen LogP contribution >= 0.6 is 11.3 Å². The molecule has 0 bridgehead atoms. The normalized spacial score (nSPS) is 12.1. The molecule has 1 atom stereocenters. The van der Waals surface area contributed by atoms with Crippen molar-refractivity contribution >= 4 is 28.8 Å². The minimum Gasteiger partial charge on any atom is -0.347 e. The van der Waals surface area contributed by atoms with Gasteiger partial charge in [0.1, 0.15) is 16.5 Å². The van der Waals surface area contributed by atoms with E-state index in [-0.39, 0.29) is 17.6 Å². The van der Waals surface area contributed by atoms with E-state index in [4.69, 9.17) is 0 Å². The van der Waals surface area contributed by atoms with Gasteiger partial charge in [0.15, 0.2) is 0 Å². The Bertz CT molecular complexity index is 773. The van der Waals surface area contributed by atoms with Crippen LogP contribution in [0.2, 0.25) is 0 Å². The van der Waals surface area contributed by atoms with Gasteiger partial charge in [-0.25, -0.2) is 9.37 Å². The van der Waals surface area contributed by atoms with Crippen molar-refractivity contribution in [2.24, 2.45) is 5.92 Å². The number of nitrogens with one attached hydrogen (secondary N) is 2. The van der Waals surface area contributed by atoms with Crippen molar-refractivity contribution in [3.05, 3.63) is 45.7 Å². The maximum Gasteiger partial charge on any atom is 0.275 e. The summed E-state index contributed by atoms with van der Waals surface area (Å²) < 4.78 is 13.3. The summed E-state index contributed by atoms with van der Waals surface area (Å²) in [6, 6.07) is 4.00. The molecule has 2 rings (SSSR count). The highest BCUT2D eigenvalue weighted by atomic mass is 32.1. The Kier molecular flexibility index (Phi) is 6.25. The third-order valence-electron chi connectivity index (χ3n) is 3.59. The summed E-state index contributed by atoms with van der Waals surface area (Å²) in [6.07, 6.45) is 0.733. The van der Waals surface area contributed by atoms with Gasteiger partial charge in [-0.05, 0) is 37.0 Å². The van der Waals surface area contributed by atoms with Gasteiger partial charge in [0.05, 0.1) is 6.04 Å². The lowest BCUT2D eigenvalue weighted by molar-refractivity contribution is -0.119. The van der Waals surface area contributed by atoms with Gasteiger partial charge in [0.2, 0.25) is 5.91 Å². The molecule has 0 saturated heterocycles. The van der Waals surface area contributed by atoms with E-state index in [1.54, 1.807) is 18.4 Å². The minimum atomic E-state index is -0.414. The fourth-order valence-corrected chi connectivity index (χ4v) is 3.27. The highest BCUT2D eigenvalue weighted by Crippen LogP contribution is 2.25. The summed E-state index contributed by atoms with van der Waals surface area (Å²) >= 11 is 1.33. The zero-order valence-corrected chi connectivity index (χ0v) is 15.5. The first-order valence-electron chi connectivity index (χ1n) is 8.06. The van der Waals surface area contributed by atoms with Gasteiger partial charge in [-0.3, -0.25) is 9.59 Å². The van der Waals surface area contributed by atoms with E-state index in [1.807, 2.05) is 0 Å². The third-order valence-corrected chi connectivity index (χ3v) is 4.54. The third kappa shape index (κ3) is 5.35. The Morgan fingerprint density at radius 3 is 2.68 bits per heavy atom. The molecule has 5 nitrogen and oxygen atoms in total. The Morgan fingerprint density at radius 2 is 2.04 bits per heavy atom. The summed E-state index contributed by atoms with van der Waals surface area (Å²) in [5.74, 6) is -0.583. The highest BCUT2D eigenvalue weighted by molar-refractivity contribution is 7.10. The number of aryl methyl sites for hydroxylation is 1. The van der Waals surface area contributed by atoms with Crippen LogP contribution in [-0.2, 0) is 4.79 Å². The van der Waals surface area contributed by atoms with Crippen LogP contribution in [0.3, 0.4) is 0 Å². The lowest BCUT2D eigenvalue weighted by Crippen LogP contribution is -2.27. The largest absolute Gasteiger partial charge is 0.347 e. The molecule has 1 aromatic carbocycles. The van der Waals surface area contributed by atoms with Crippen LogP contribution in [0.25, 0.3) is 0 Å². The van der Waals surface area contributed by atoms with Crippen LogP contribution in [0.15, 0.2) is 23.6 Å². The summed E-state index contributed by atoms with van der Waals surface area (Å²) in [7, 11) is 0. The minimum absolute atomic E-state index is 0.137. The second-order valence-corrected chi connectivity index (χ2v) is 7.26. The Hall–Kier alpha value is -2.28. The summed E-state index contributed by atoms with van der Waals surface area (Å²) in [6.45, 7) is 7.36. The van der Waals surface area contributed by atoms with Gasteiger partial charge in [-0.1, -0.05) is 19.9 Å². The summed E-state index contributed by atoms with van der Waals surface area (Å²) in [5, 5.41) is 7.89. The molecule has 2 N–H and O–H groups in total. The average Bonchev–Trinajstić information content (AvgIpc) is 2.99. The smallest absolute Gasteiger partial charge is 0.275 e. The molecule has 2 aromatic rings. The van der Waals surface area contributed by atoms with E-state index < -0.39 is 11.7 Å². The number of amides is 2. The molecule has 0 saturated carbocycles. The SMILES string of the molecule is CC(=O)N[C@@H](CC(C)C)c1nc(C(=O)Nc2cc(F)ccc2C)cs1. The topological polar surface area (TPSA) is 71.1 Å². The molecule has 25 heavy (non-hydrogen) atoms. The number of aromatic nitrogens is 1. The van der Waals surface area contributed by atoms with Gasteiger partial charge in [-0.2, -0.15) is 0 Å². The predicted octanol–water partition coefficient (Wildman–Crippen LogP) is 4.07. The number of benzene rings is 1. The van der Waals surface area contributed by atoms with Gasteiger partial charge in [-0.15, -0.1) is 11.3 Å². The van der Waals surface area contributed by atoms with Gasteiger partial charge in [0.25, 0.3) is 5.91 Å². The van der Waals surface area contributed by atoms with Crippen molar-refractivity contribution in [2.75, 3.05) is 5.32 Å². The maximum absolute atomic E-state index is 13.3. The second kappa shape index (κ2) is 8.20. The maximum atomic E-state index is 13.3. The molecule has 0 aliphatic carbocycles. The summed E-state index contributed by atoms with van der Waals surface area (Å²) in [4.78, 5) is 28.2. The molecule has 0 unspecified atom stereocenters. The number of thiazole rings is 1. The molecule has 0 spiro atoms. The lowest BCUT2D eigenvalue weighted by Gasteiger charge is -2.17. The number of halogens is 1. The first-order valence-corrected chi connectivity index (χ1v) is 8.94. The van der Waals surface area contributed by atoms with E-state index in [1.165, 1.54) is 30.4 Å². The molecule has 0 aliphatic heterocycles. The average molecular weight is 363 g/mol. The Balaban J connectivity index is 2.16. The molecule has 2 amide bonds. The molecular formula is C18H22FN3O2S. The molecule has 134 valence electrons. The van der Waals surface area contributed by atoms with E-state index in [9.17, 15) is 14.0 Å². The Labute approximate surface area is 150 Å². The quantitative estimate of drug-likeness (QED) is 0.813. The van der Waals surface area contributed by atoms with E-state index in [2.05, 4.69) is 29.5 Å². The number of rotatable bonds is 6. The van der Waals surface area contributed by atoms with Crippen molar-refractivity contribution in [1.82, 2.24) is 10.3 Å². The fraction of sp³-hybridized carbons (Fsp3) is 0.389.